The van der Waals surface area contributed by atoms with Crippen LogP contribution in [0.4, 0.5) is 0 Å². The van der Waals surface area contributed by atoms with E-state index in [0.29, 0.717) is 0 Å². The molecular weight excluding hydrogens is 120 g/mol. The molecule has 3 atom stereocenters. The third-order valence-corrected chi connectivity index (χ3v) is 3.67. The van der Waals surface area contributed by atoms with E-state index in [-0.39, 0.29) is 0 Å². The third kappa shape index (κ3) is 0.741. The molecule has 0 N–H and O–H groups in total. The summed E-state index contributed by atoms with van der Waals surface area (Å²) in [4.78, 5) is 0. The molecule has 2 aliphatic carbocycles. The second kappa shape index (κ2) is 1.99. The summed E-state index contributed by atoms with van der Waals surface area (Å²) in [5.41, 5.74) is 0. The summed E-state index contributed by atoms with van der Waals surface area (Å²) >= 11 is 0. The Hall–Kier alpha value is 0. The highest BCUT2D eigenvalue weighted by Crippen LogP contribution is 2.75. The van der Waals surface area contributed by atoms with Gasteiger partial charge in [-0.25, -0.2) is 0 Å². The Balaban J connectivity index is 1.73. The average Bonchev–Trinajstić information content (AvgIpc) is 2.72. The van der Waals surface area contributed by atoms with Gasteiger partial charge in [-0.05, 0) is 29.6 Å². The second-order valence-corrected chi connectivity index (χ2v) is 4.36. The molecule has 0 aromatic carbocycles. The van der Waals surface area contributed by atoms with E-state index in [0.717, 1.165) is 17.8 Å². The highest BCUT2D eigenvalue weighted by molar-refractivity contribution is 5.18. The van der Waals surface area contributed by atoms with Crippen LogP contribution >= 0.6 is 0 Å². The molecule has 0 heterocycles. The van der Waals surface area contributed by atoms with E-state index in [1.54, 1.807) is 0 Å². The van der Waals surface area contributed by atoms with E-state index in [1.165, 1.54) is 24.7 Å². The Morgan fingerprint density at radius 3 is 2.30 bits per heavy atom. The van der Waals surface area contributed by atoms with E-state index >= 15 is 0 Å². The molecule has 0 amide bonds. The molecule has 0 aromatic rings. The van der Waals surface area contributed by atoms with Crippen LogP contribution in [0.25, 0.3) is 0 Å². The summed E-state index contributed by atoms with van der Waals surface area (Å²) < 4.78 is 0. The molecular formula is C10H18. The third-order valence-electron chi connectivity index (χ3n) is 3.67. The molecule has 58 valence electrons. The van der Waals surface area contributed by atoms with Crippen LogP contribution in [0, 0.1) is 29.6 Å². The fraction of sp³-hybridized carbons (Fsp3) is 1.00. The largest absolute Gasteiger partial charge is 0.0654 e. The highest BCUT2D eigenvalue weighted by atomic mass is 14.8. The Kier molecular flexibility index (Phi) is 1.33. The maximum absolute atomic E-state index is 2.44. The quantitative estimate of drug-likeness (QED) is 0.562. The summed E-state index contributed by atoms with van der Waals surface area (Å²) in [5.74, 6) is 5.68. The smallest absolute Gasteiger partial charge is 0.0318 e. The topological polar surface area (TPSA) is 0 Å². The molecule has 10 heavy (non-hydrogen) atoms. The van der Waals surface area contributed by atoms with Crippen molar-refractivity contribution in [2.75, 3.05) is 0 Å². The molecule has 0 heteroatoms. The lowest BCUT2D eigenvalue weighted by atomic mass is 9.91. The van der Waals surface area contributed by atoms with Gasteiger partial charge in [-0.15, -0.1) is 0 Å². The van der Waals surface area contributed by atoms with Gasteiger partial charge in [0.1, 0.15) is 0 Å². The van der Waals surface area contributed by atoms with Gasteiger partial charge in [0.25, 0.3) is 0 Å². The Bertz CT molecular complexity index is 129. The lowest BCUT2D eigenvalue weighted by molar-refractivity contribution is 0.346. The summed E-state index contributed by atoms with van der Waals surface area (Å²) in [6.07, 6.45) is 2.84. The lowest BCUT2D eigenvalue weighted by Gasteiger charge is -2.15. The van der Waals surface area contributed by atoms with Gasteiger partial charge in [0.15, 0.2) is 0 Å². The second-order valence-electron chi connectivity index (χ2n) is 4.36. The lowest BCUT2D eigenvalue weighted by Crippen LogP contribution is -2.07. The summed E-state index contributed by atoms with van der Waals surface area (Å²) in [6.45, 7) is 7.14. The number of fused-ring (bicyclic) bond motifs is 1. The average molecular weight is 138 g/mol. The Labute approximate surface area is 64.0 Å². The number of hydrogen-bond donors (Lipinski definition) is 0. The minimum absolute atomic E-state index is 1.04. The molecule has 0 aliphatic heterocycles. The molecule has 0 saturated heterocycles. The van der Waals surface area contributed by atoms with Gasteiger partial charge >= 0.3 is 0 Å². The number of rotatable bonds is 3. The van der Waals surface area contributed by atoms with E-state index in [2.05, 4.69) is 20.8 Å². The van der Waals surface area contributed by atoms with Crippen molar-refractivity contribution in [1.29, 1.82) is 0 Å². The zero-order valence-corrected chi connectivity index (χ0v) is 7.30. The SMILES string of the molecule is CCCC(C)C1C2C(C)C12. The monoisotopic (exact) mass is 138 g/mol. The predicted molar refractivity (Wildman–Crippen MR) is 43.7 cm³/mol. The molecule has 3 unspecified atom stereocenters. The van der Waals surface area contributed by atoms with Gasteiger partial charge < -0.3 is 0 Å². The molecule has 0 nitrogen and oxygen atoms in total. The van der Waals surface area contributed by atoms with Crippen LogP contribution in [0.15, 0.2) is 0 Å². The fourth-order valence-corrected chi connectivity index (χ4v) is 2.87. The van der Waals surface area contributed by atoms with Crippen LogP contribution in [0.3, 0.4) is 0 Å². The molecule has 2 saturated carbocycles. The van der Waals surface area contributed by atoms with Crippen molar-refractivity contribution in [3.63, 3.8) is 0 Å². The molecule has 2 fully saturated rings. The first kappa shape index (κ1) is 6.69. The Morgan fingerprint density at radius 2 is 1.90 bits per heavy atom. The first-order valence-electron chi connectivity index (χ1n) is 4.77. The zero-order valence-electron chi connectivity index (χ0n) is 7.30. The van der Waals surface area contributed by atoms with E-state index in [1.807, 2.05) is 0 Å². The van der Waals surface area contributed by atoms with Crippen molar-refractivity contribution in [2.24, 2.45) is 29.6 Å². The van der Waals surface area contributed by atoms with Crippen LogP contribution in [-0.4, -0.2) is 0 Å². The van der Waals surface area contributed by atoms with Crippen molar-refractivity contribution < 1.29 is 0 Å². The molecule has 0 spiro atoms. The maximum atomic E-state index is 2.44. The molecule has 2 rings (SSSR count). The summed E-state index contributed by atoms with van der Waals surface area (Å²) in [6, 6.07) is 0. The van der Waals surface area contributed by atoms with Crippen molar-refractivity contribution in [3.05, 3.63) is 0 Å². The Morgan fingerprint density at radius 1 is 1.30 bits per heavy atom. The summed E-state index contributed by atoms with van der Waals surface area (Å²) in [7, 11) is 0. The minimum atomic E-state index is 1.04. The summed E-state index contributed by atoms with van der Waals surface area (Å²) in [5, 5.41) is 0. The maximum Gasteiger partial charge on any atom is -0.0318 e. The van der Waals surface area contributed by atoms with Gasteiger partial charge in [-0.1, -0.05) is 33.6 Å². The molecule has 0 radical (unpaired) electrons. The zero-order chi connectivity index (χ0) is 7.30. The van der Waals surface area contributed by atoms with Crippen LogP contribution in [0.2, 0.25) is 0 Å². The van der Waals surface area contributed by atoms with Crippen molar-refractivity contribution >= 4 is 0 Å². The van der Waals surface area contributed by atoms with Gasteiger partial charge in [-0.3, -0.25) is 0 Å². The van der Waals surface area contributed by atoms with Crippen molar-refractivity contribution in [3.8, 4) is 0 Å². The fourth-order valence-electron chi connectivity index (χ4n) is 2.87. The highest BCUT2D eigenvalue weighted by Gasteiger charge is 2.71. The van der Waals surface area contributed by atoms with Crippen molar-refractivity contribution in [1.82, 2.24) is 0 Å². The number of hydrogen-bond acceptors (Lipinski definition) is 0. The van der Waals surface area contributed by atoms with Gasteiger partial charge in [0.2, 0.25) is 0 Å². The molecule has 2 aliphatic rings. The van der Waals surface area contributed by atoms with Gasteiger partial charge in [-0.2, -0.15) is 0 Å². The van der Waals surface area contributed by atoms with Crippen LogP contribution in [0.1, 0.15) is 33.6 Å². The normalized spacial score (nSPS) is 51.9. The first-order valence-corrected chi connectivity index (χ1v) is 4.77. The van der Waals surface area contributed by atoms with E-state index < -0.39 is 0 Å². The van der Waals surface area contributed by atoms with E-state index in [4.69, 9.17) is 0 Å². The molecule has 0 aromatic heterocycles. The minimum Gasteiger partial charge on any atom is -0.0654 e. The first-order chi connectivity index (χ1) is 4.77. The predicted octanol–water partition coefficient (Wildman–Crippen LogP) is 2.93. The van der Waals surface area contributed by atoms with Crippen molar-refractivity contribution in [2.45, 2.75) is 33.6 Å². The van der Waals surface area contributed by atoms with Crippen LogP contribution in [0.5, 0.6) is 0 Å². The van der Waals surface area contributed by atoms with Gasteiger partial charge in [0, 0.05) is 0 Å². The standard InChI is InChI=1S/C10H18/c1-4-5-6(2)8-9-7(3)10(8)9/h6-10H,4-5H2,1-3H3. The van der Waals surface area contributed by atoms with Crippen LogP contribution in [-0.2, 0) is 0 Å². The van der Waals surface area contributed by atoms with Gasteiger partial charge in [0.05, 0.1) is 0 Å². The van der Waals surface area contributed by atoms with E-state index in [9.17, 15) is 0 Å². The molecule has 0 bridgehead atoms. The van der Waals surface area contributed by atoms with Crippen LogP contribution < -0.4 is 0 Å².